The third kappa shape index (κ3) is 2.61. The van der Waals surface area contributed by atoms with Gasteiger partial charge in [0, 0.05) is 12.8 Å². The van der Waals surface area contributed by atoms with E-state index in [1.165, 1.54) is 13.8 Å². The monoisotopic (exact) mass is 258 g/mol. The molecule has 0 aliphatic carbocycles. The van der Waals surface area contributed by atoms with Gasteiger partial charge in [-0.2, -0.15) is 0 Å². The first-order chi connectivity index (χ1) is 8.24. The van der Waals surface area contributed by atoms with Crippen molar-refractivity contribution in [1.29, 1.82) is 0 Å². The van der Waals surface area contributed by atoms with Gasteiger partial charge in [-0.15, -0.1) is 0 Å². The zero-order chi connectivity index (χ0) is 14.5. The van der Waals surface area contributed by atoms with Crippen molar-refractivity contribution in [1.82, 2.24) is 0 Å². The lowest BCUT2D eigenvalue weighted by Crippen LogP contribution is -2.53. The van der Waals surface area contributed by atoms with E-state index in [1.807, 2.05) is 0 Å². The van der Waals surface area contributed by atoms with Crippen LogP contribution in [0.5, 0.6) is 0 Å². The lowest BCUT2D eigenvalue weighted by Gasteiger charge is -2.21. The first kappa shape index (κ1) is 16.0. The molecule has 0 aromatic carbocycles. The van der Waals surface area contributed by atoms with Crippen LogP contribution in [0.2, 0.25) is 0 Å². The molecule has 0 amide bonds. The summed E-state index contributed by atoms with van der Waals surface area (Å²) < 4.78 is 0. The maximum Gasteiger partial charge on any atom is 0.336 e. The molecule has 18 heavy (non-hydrogen) atoms. The first-order valence-electron chi connectivity index (χ1n) is 5.30. The van der Waals surface area contributed by atoms with Crippen molar-refractivity contribution < 1.29 is 34.2 Å². The van der Waals surface area contributed by atoms with Crippen molar-refractivity contribution >= 4 is 29.3 Å². The first-order valence-corrected chi connectivity index (χ1v) is 5.30. The standard InChI is InChI=1S/C11H14O7/c1-3-6(12)5-8(14)11(9(15)16,10(17)18)7(13)4-2/h3-5H2,1-2H3,(H,15,16)(H,17,18). The van der Waals surface area contributed by atoms with Gasteiger partial charge in [-0.05, 0) is 0 Å². The van der Waals surface area contributed by atoms with Crippen molar-refractivity contribution in [2.75, 3.05) is 0 Å². The number of aliphatic carboxylic acids is 2. The highest BCUT2D eigenvalue weighted by atomic mass is 16.4. The summed E-state index contributed by atoms with van der Waals surface area (Å²) in [5, 5.41) is 17.8. The SMILES string of the molecule is CCC(=O)CC(=O)C(C(=O)O)(C(=O)O)C(=O)CC. The second-order valence-corrected chi connectivity index (χ2v) is 3.63. The average Bonchev–Trinajstić information content (AvgIpc) is 2.28. The molecule has 0 rings (SSSR count). The van der Waals surface area contributed by atoms with Gasteiger partial charge in [-0.1, -0.05) is 13.8 Å². The fourth-order valence-electron chi connectivity index (χ4n) is 1.43. The molecule has 0 fully saturated rings. The smallest absolute Gasteiger partial charge is 0.336 e. The molecule has 0 unspecified atom stereocenters. The van der Waals surface area contributed by atoms with Gasteiger partial charge in [-0.25, -0.2) is 0 Å². The fourth-order valence-corrected chi connectivity index (χ4v) is 1.43. The van der Waals surface area contributed by atoms with Crippen molar-refractivity contribution in [2.45, 2.75) is 33.1 Å². The highest BCUT2D eigenvalue weighted by molar-refractivity contribution is 6.36. The normalized spacial score (nSPS) is 10.8. The van der Waals surface area contributed by atoms with Crippen LogP contribution in [0.4, 0.5) is 0 Å². The summed E-state index contributed by atoms with van der Waals surface area (Å²) in [5.74, 6) is -7.38. The molecule has 0 atom stereocenters. The van der Waals surface area contributed by atoms with Crippen LogP contribution in [-0.2, 0) is 24.0 Å². The van der Waals surface area contributed by atoms with Crippen LogP contribution < -0.4 is 0 Å². The molecule has 0 aromatic heterocycles. The van der Waals surface area contributed by atoms with Gasteiger partial charge >= 0.3 is 11.9 Å². The molecule has 0 saturated heterocycles. The minimum atomic E-state index is -3.17. The molecule has 2 N–H and O–H groups in total. The van der Waals surface area contributed by atoms with E-state index in [4.69, 9.17) is 10.2 Å². The Labute approximate surface area is 103 Å². The van der Waals surface area contributed by atoms with Crippen LogP contribution in [-0.4, -0.2) is 39.5 Å². The predicted octanol–water partition coefficient (Wildman–Crippen LogP) is 0.0594. The Morgan fingerprint density at radius 3 is 1.56 bits per heavy atom. The molecular weight excluding hydrogens is 244 g/mol. The molecule has 0 aliphatic rings. The summed E-state index contributed by atoms with van der Waals surface area (Å²) >= 11 is 0. The molecular formula is C11H14O7. The third-order valence-corrected chi connectivity index (χ3v) is 2.55. The Balaban J connectivity index is 5.66. The molecule has 0 saturated carbocycles. The van der Waals surface area contributed by atoms with Crippen molar-refractivity contribution in [3.8, 4) is 0 Å². The van der Waals surface area contributed by atoms with Gasteiger partial charge in [0.25, 0.3) is 5.41 Å². The molecule has 7 nitrogen and oxygen atoms in total. The molecule has 0 aromatic rings. The number of hydrogen-bond acceptors (Lipinski definition) is 5. The predicted molar refractivity (Wildman–Crippen MR) is 57.9 cm³/mol. The largest absolute Gasteiger partial charge is 0.480 e. The van der Waals surface area contributed by atoms with E-state index < -0.39 is 47.5 Å². The van der Waals surface area contributed by atoms with E-state index in [0.29, 0.717) is 0 Å². The van der Waals surface area contributed by atoms with E-state index in [-0.39, 0.29) is 6.42 Å². The van der Waals surface area contributed by atoms with Gasteiger partial charge in [0.05, 0.1) is 6.42 Å². The quantitative estimate of drug-likeness (QED) is 0.589. The third-order valence-electron chi connectivity index (χ3n) is 2.55. The molecule has 7 heteroatoms. The van der Waals surface area contributed by atoms with Crippen molar-refractivity contribution in [2.24, 2.45) is 5.41 Å². The van der Waals surface area contributed by atoms with E-state index in [9.17, 15) is 24.0 Å². The number of carboxylic acid groups (broad SMARTS) is 2. The van der Waals surface area contributed by atoms with Crippen LogP contribution in [0.3, 0.4) is 0 Å². The molecule has 0 radical (unpaired) electrons. The zero-order valence-electron chi connectivity index (χ0n) is 10.1. The zero-order valence-corrected chi connectivity index (χ0v) is 10.1. The second-order valence-electron chi connectivity index (χ2n) is 3.63. The second kappa shape index (κ2) is 6.04. The average molecular weight is 258 g/mol. The molecule has 0 aliphatic heterocycles. The Kier molecular flexibility index (Phi) is 5.35. The maximum atomic E-state index is 11.7. The van der Waals surface area contributed by atoms with E-state index in [1.54, 1.807) is 0 Å². The van der Waals surface area contributed by atoms with Crippen molar-refractivity contribution in [3.05, 3.63) is 0 Å². The minimum Gasteiger partial charge on any atom is -0.480 e. The van der Waals surface area contributed by atoms with Crippen LogP contribution in [0.25, 0.3) is 0 Å². The van der Waals surface area contributed by atoms with E-state index in [2.05, 4.69) is 0 Å². The summed E-state index contributed by atoms with van der Waals surface area (Å²) in [4.78, 5) is 56.4. The Morgan fingerprint density at radius 1 is 0.833 bits per heavy atom. The van der Waals surface area contributed by atoms with E-state index >= 15 is 0 Å². The van der Waals surface area contributed by atoms with Crippen LogP contribution >= 0.6 is 0 Å². The van der Waals surface area contributed by atoms with Gasteiger partial charge in [-0.3, -0.25) is 24.0 Å². The number of hydrogen-bond donors (Lipinski definition) is 2. The molecule has 0 bridgehead atoms. The highest BCUT2D eigenvalue weighted by Crippen LogP contribution is 2.25. The summed E-state index contributed by atoms with van der Waals surface area (Å²) in [6, 6.07) is 0. The van der Waals surface area contributed by atoms with E-state index in [0.717, 1.165) is 0 Å². The molecule has 0 heterocycles. The van der Waals surface area contributed by atoms with Gasteiger partial charge in [0.15, 0.2) is 11.6 Å². The lowest BCUT2D eigenvalue weighted by atomic mass is 9.76. The maximum absolute atomic E-state index is 11.7. The van der Waals surface area contributed by atoms with Gasteiger partial charge < -0.3 is 10.2 Å². The number of carboxylic acids is 2. The van der Waals surface area contributed by atoms with Crippen LogP contribution in [0, 0.1) is 5.41 Å². The van der Waals surface area contributed by atoms with Crippen molar-refractivity contribution in [3.63, 3.8) is 0 Å². The molecule has 100 valence electrons. The number of ketones is 3. The van der Waals surface area contributed by atoms with Gasteiger partial charge in [0.2, 0.25) is 0 Å². The number of Topliss-reactive ketones (excluding diaryl/α,β-unsaturated/α-hetero) is 3. The van der Waals surface area contributed by atoms with Crippen LogP contribution in [0.15, 0.2) is 0 Å². The summed E-state index contributed by atoms with van der Waals surface area (Å²) in [5.41, 5.74) is -3.17. The Bertz CT molecular complexity index is 394. The molecule has 0 spiro atoms. The highest BCUT2D eigenvalue weighted by Gasteiger charge is 2.58. The van der Waals surface area contributed by atoms with Gasteiger partial charge in [0.1, 0.15) is 5.78 Å². The minimum absolute atomic E-state index is 0.0403. The number of carbonyl (C=O) groups excluding carboxylic acids is 3. The lowest BCUT2D eigenvalue weighted by molar-refractivity contribution is -0.171. The van der Waals surface area contributed by atoms with Crippen LogP contribution in [0.1, 0.15) is 33.1 Å². The summed E-state index contributed by atoms with van der Waals surface area (Å²) in [6.45, 7) is 2.69. The fraction of sp³-hybridized carbons (Fsp3) is 0.545. The number of rotatable bonds is 8. The summed E-state index contributed by atoms with van der Waals surface area (Å²) in [6.07, 6.45) is -1.34. The Morgan fingerprint density at radius 2 is 1.28 bits per heavy atom. The topological polar surface area (TPSA) is 126 Å². The number of carbonyl (C=O) groups is 5. The Hall–Kier alpha value is -2.05. The summed E-state index contributed by atoms with van der Waals surface area (Å²) in [7, 11) is 0.